The maximum Gasteiger partial charge on any atom is 0.0127 e. The van der Waals surface area contributed by atoms with Crippen LogP contribution < -0.4 is 0 Å². The Labute approximate surface area is 370 Å². The van der Waals surface area contributed by atoms with Gasteiger partial charge in [-0.25, -0.2) is 0 Å². The third-order valence-corrected chi connectivity index (χ3v) is 30.9. The molecule has 58 heavy (non-hydrogen) atoms. The van der Waals surface area contributed by atoms with Crippen LogP contribution in [0.25, 0.3) is 0 Å². The summed E-state index contributed by atoms with van der Waals surface area (Å²) in [5.41, 5.74) is 1.63. The van der Waals surface area contributed by atoms with Crippen LogP contribution in [0.3, 0.4) is 0 Å². The molecule has 0 aromatic carbocycles. The lowest BCUT2D eigenvalue weighted by Crippen LogP contribution is -2.67. The van der Waals surface area contributed by atoms with Gasteiger partial charge in [0.15, 0.2) is 0 Å². The van der Waals surface area contributed by atoms with E-state index in [4.69, 9.17) is 0 Å². The molecular weight excluding hydrogens is 772 g/mol. The smallest absolute Gasteiger partial charge is 0.0127 e. The molecule has 0 aromatic rings. The van der Waals surface area contributed by atoms with Crippen molar-refractivity contribution in [1.29, 1.82) is 0 Å². The molecule has 0 amide bonds. The van der Waals surface area contributed by atoms with Crippen molar-refractivity contribution in [3.05, 3.63) is 0 Å². The fraction of sp³-hybridized carbons (Fsp3) is 1.00. The lowest BCUT2D eigenvalue weighted by Gasteiger charge is -2.77. The normalized spacial score (nSPS) is 38.9. The molecule has 0 N–H and O–H groups in total. The van der Waals surface area contributed by atoms with Crippen molar-refractivity contribution < 1.29 is 0 Å². The maximum atomic E-state index is 4.29. The van der Waals surface area contributed by atoms with E-state index in [1.54, 1.807) is 135 Å². The Morgan fingerprint density at radius 2 is 0.397 bits per heavy atom. The first-order valence-electron chi connectivity index (χ1n) is 27.5. The molecular formula is C54H96P4. The Morgan fingerprint density at radius 1 is 0.224 bits per heavy atom. The predicted octanol–water partition coefficient (Wildman–Crippen LogP) is 18.3. The SMILES string of the molecule is PC1(P(C2(P)CCCCC2(C2CCCCC2)C2CCCCC2)C2(P)CCCCC2(C2CCCCC2)C2CCCCC2)CCCCC1(C1CCCCC1)C1CCCCC1. The van der Waals surface area contributed by atoms with Gasteiger partial charge < -0.3 is 0 Å². The number of hydrogen-bond acceptors (Lipinski definition) is 0. The number of rotatable bonds is 9. The molecule has 0 aromatic heterocycles. The quantitative estimate of drug-likeness (QED) is 0.203. The second kappa shape index (κ2) is 19.3. The summed E-state index contributed by atoms with van der Waals surface area (Å²) >= 11 is 0. The molecule has 6 unspecified atom stereocenters. The van der Waals surface area contributed by atoms with Crippen LogP contribution in [0.2, 0.25) is 0 Å². The minimum absolute atomic E-state index is 0.385. The van der Waals surface area contributed by atoms with Gasteiger partial charge in [0.1, 0.15) is 0 Å². The van der Waals surface area contributed by atoms with Gasteiger partial charge in [0.25, 0.3) is 0 Å². The van der Waals surface area contributed by atoms with E-state index in [1.165, 1.54) is 135 Å². The van der Waals surface area contributed by atoms with Crippen molar-refractivity contribution in [2.75, 3.05) is 0 Å². The maximum absolute atomic E-state index is 4.29. The fourth-order valence-electron chi connectivity index (χ4n) is 19.9. The average molecular weight is 869 g/mol. The summed E-state index contributed by atoms with van der Waals surface area (Å²) in [4.78, 5) is 1.23. The highest BCUT2D eigenvalue weighted by molar-refractivity contribution is 7.79. The highest BCUT2D eigenvalue weighted by Crippen LogP contribution is 2.93. The van der Waals surface area contributed by atoms with Crippen molar-refractivity contribution in [2.45, 2.75) is 284 Å². The summed E-state index contributed by atoms with van der Waals surface area (Å²) in [5, 5.41) is 0. The van der Waals surface area contributed by atoms with E-state index in [0.29, 0.717) is 30.9 Å². The van der Waals surface area contributed by atoms with Crippen molar-refractivity contribution in [1.82, 2.24) is 0 Å². The van der Waals surface area contributed by atoms with Crippen LogP contribution in [-0.4, -0.2) is 14.7 Å². The van der Waals surface area contributed by atoms with E-state index in [9.17, 15) is 0 Å². The van der Waals surface area contributed by atoms with Gasteiger partial charge in [-0.15, -0.1) is 27.7 Å². The molecule has 0 radical (unpaired) electrons. The minimum Gasteiger partial charge on any atom is -0.126 e. The molecule has 0 bridgehead atoms. The topological polar surface area (TPSA) is 0 Å². The second-order valence-electron chi connectivity index (χ2n) is 23.9. The zero-order chi connectivity index (χ0) is 39.7. The zero-order valence-electron chi connectivity index (χ0n) is 38.3. The first-order valence-corrected chi connectivity index (χ1v) is 30.6. The molecule has 332 valence electrons. The molecule has 6 atom stereocenters. The monoisotopic (exact) mass is 869 g/mol. The molecule has 9 rings (SSSR count). The van der Waals surface area contributed by atoms with Crippen molar-refractivity contribution >= 4 is 35.6 Å². The summed E-state index contributed by atoms with van der Waals surface area (Å²) in [5.74, 6) is 5.91. The lowest BCUT2D eigenvalue weighted by atomic mass is 9.52. The third-order valence-electron chi connectivity index (χ3n) is 21.8. The van der Waals surface area contributed by atoms with Crippen LogP contribution in [0.4, 0.5) is 0 Å². The van der Waals surface area contributed by atoms with Crippen LogP contribution in [0.15, 0.2) is 0 Å². The Balaban J connectivity index is 1.34. The fourth-order valence-corrected chi connectivity index (χ4v) is 33.8. The molecule has 9 aliphatic carbocycles. The van der Waals surface area contributed by atoms with Crippen LogP contribution in [0, 0.1) is 51.8 Å². The molecule has 9 aliphatic rings. The van der Waals surface area contributed by atoms with Crippen LogP contribution in [-0.2, 0) is 0 Å². The van der Waals surface area contributed by atoms with Crippen molar-refractivity contribution in [2.24, 2.45) is 51.8 Å². The van der Waals surface area contributed by atoms with E-state index in [2.05, 4.69) is 27.7 Å². The molecule has 0 nitrogen and oxygen atoms in total. The summed E-state index contributed by atoms with van der Waals surface area (Å²) < 4.78 is 0. The molecule has 0 spiro atoms. The highest BCUT2D eigenvalue weighted by Gasteiger charge is 2.75. The minimum atomic E-state index is -0.385. The molecule has 0 saturated heterocycles. The summed E-state index contributed by atoms with van der Waals surface area (Å²) in [6.45, 7) is 0. The second-order valence-corrected chi connectivity index (χ2v) is 31.3. The van der Waals surface area contributed by atoms with Gasteiger partial charge in [0, 0.05) is 14.7 Å². The van der Waals surface area contributed by atoms with Gasteiger partial charge in [-0.1, -0.05) is 162 Å². The highest BCUT2D eigenvalue weighted by atomic mass is 31.2. The first kappa shape index (κ1) is 44.9. The van der Waals surface area contributed by atoms with Crippen LogP contribution >= 0.6 is 35.6 Å². The van der Waals surface area contributed by atoms with Crippen molar-refractivity contribution in [3.63, 3.8) is 0 Å². The Bertz CT molecular complexity index is 1080. The van der Waals surface area contributed by atoms with Crippen LogP contribution in [0.5, 0.6) is 0 Å². The molecule has 9 saturated carbocycles. The van der Waals surface area contributed by atoms with E-state index in [1.807, 2.05) is 0 Å². The zero-order valence-corrected chi connectivity index (χ0v) is 42.7. The van der Waals surface area contributed by atoms with E-state index < -0.39 is 0 Å². The largest absolute Gasteiger partial charge is 0.126 e. The van der Waals surface area contributed by atoms with Gasteiger partial charge >= 0.3 is 0 Å². The molecule has 0 heterocycles. The van der Waals surface area contributed by atoms with Crippen molar-refractivity contribution in [3.8, 4) is 0 Å². The summed E-state index contributed by atoms with van der Waals surface area (Å²) in [6.07, 6.45) is 65.3. The number of hydrogen-bond donors (Lipinski definition) is 0. The standard InChI is InChI=1S/C54H96P4/c55-52(40-22-19-37-49(52,43-25-7-1-8-26-43)44-27-9-2-10-28-44)58(53(56)41-23-20-38-50(53,45-29-11-3-12-30-45)46-31-13-4-14-32-46)54(57)42-24-21-39-51(54,47-33-15-5-16-34-47)48-35-17-6-18-36-48/h43-48H,1-42,55-57H2. The average Bonchev–Trinajstić information content (AvgIpc) is 3.28. The third kappa shape index (κ3) is 7.46. The Morgan fingerprint density at radius 3 is 0.586 bits per heavy atom. The van der Waals surface area contributed by atoms with Gasteiger partial charge in [0.05, 0.1) is 0 Å². The van der Waals surface area contributed by atoms with E-state index in [-0.39, 0.29) is 7.92 Å². The van der Waals surface area contributed by atoms with E-state index >= 15 is 0 Å². The predicted molar refractivity (Wildman–Crippen MR) is 266 cm³/mol. The molecule has 9 fully saturated rings. The van der Waals surface area contributed by atoms with Gasteiger partial charge in [-0.2, -0.15) is 0 Å². The molecule has 4 heteroatoms. The Kier molecular flexibility index (Phi) is 14.9. The first-order chi connectivity index (χ1) is 28.4. The summed E-state index contributed by atoms with van der Waals surface area (Å²) in [7, 11) is 12.5. The van der Waals surface area contributed by atoms with Gasteiger partial charge in [0.2, 0.25) is 0 Å². The van der Waals surface area contributed by atoms with Crippen LogP contribution in [0.1, 0.15) is 270 Å². The summed E-state index contributed by atoms with van der Waals surface area (Å²) in [6, 6.07) is 0. The van der Waals surface area contributed by atoms with E-state index in [0.717, 1.165) is 35.5 Å². The Hall–Kier alpha value is 1.72. The van der Waals surface area contributed by atoms with Gasteiger partial charge in [-0.3, -0.25) is 0 Å². The lowest BCUT2D eigenvalue weighted by molar-refractivity contribution is -0.0434. The molecule has 0 aliphatic heterocycles. The van der Waals surface area contributed by atoms with Gasteiger partial charge in [-0.05, 0) is 167 Å².